The molecular formula is C10H20N2O2S. The number of amidine groups is 1. The van der Waals surface area contributed by atoms with Crippen molar-refractivity contribution in [2.24, 2.45) is 4.99 Å². The second kappa shape index (κ2) is 7.96. The van der Waals surface area contributed by atoms with Crippen molar-refractivity contribution in [3.05, 3.63) is 0 Å². The van der Waals surface area contributed by atoms with Gasteiger partial charge in [0, 0.05) is 32.1 Å². The largest absolute Gasteiger partial charge is 0.382 e. The van der Waals surface area contributed by atoms with Gasteiger partial charge in [0.25, 0.3) is 0 Å². The van der Waals surface area contributed by atoms with Gasteiger partial charge in [-0.05, 0) is 13.3 Å². The molecule has 1 fully saturated rings. The third kappa shape index (κ3) is 6.02. The number of ether oxygens (including phenoxy) is 2. The lowest BCUT2D eigenvalue weighted by molar-refractivity contribution is 0.0702. The average Bonchev–Trinajstić information content (AvgIpc) is 2.63. The lowest BCUT2D eigenvalue weighted by Gasteiger charge is -2.02. The Labute approximate surface area is 95.8 Å². The zero-order chi connectivity index (χ0) is 10.9. The predicted octanol–water partition coefficient (Wildman–Crippen LogP) is 1.12. The maximum Gasteiger partial charge on any atom is 0.156 e. The summed E-state index contributed by atoms with van der Waals surface area (Å²) in [5.41, 5.74) is 0. The van der Waals surface area contributed by atoms with Crippen LogP contribution < -0.4 is 5.32 Å². The third-order valence-corrected chi connectivity index (χ3v) is 3.16. The Kier molecular flexibility index (Phi) is 6.80. The highest BCUT2D eigenvalue weighted by Crippen LogP contribution is 2.12. The number of hydrogen-bond donors (Lipinski definition) is 1. The summed E-state index contributed by atoms with van der Waals surface area (Å²) in [5, 5.41) is 4.40. The normalized spacial score (nSPS) is 23.3. The van der Waals surface area contributed by atoms with Crippen LogP contribution in [-0.4, -0.2) is 50.4 Å². The zero-order valence-corrected chi connectivity index (χ0v) is 10.3. The topological polar surface area (TPSA) is 42.9 Å². The molecule has 88 valence electrons. The smallest absolute Gasteiger partial charge is 0.156 e. The summed E-state index contributed by atoms with van der Waals surface area (Å²) in [6.07, 6.45) is 0.976. The minimum atomic E-state index is 0.562. The molecule has 0 spiro atoms. The van der Waals surface area contributed by atoms with Crippen LogP contribution in [0.15, 0.2) is 4.99 Å². The standard InChI is InChI=1S/C10H20N2O2S/c1-9-8-15-10(12-9)11-4-3-5-14-7-6-13-2/h9H,3-8H2,1-2H3,(H,11,12). The summed E-state index contributed by atoms with van der Waals surface area (Å²) < 4.78 is 10.2. The maximum absolute atomic E-state index is 5.34. The van der Waals surface area contributed by atoms with Gasteiger partial charge in [-0.25, -0.2) is 0 Å². The first-order valence-corrected chi connectivity index (χ1v) is 6.32. The van der Waals surface area contributed by atoms with Crippen molar-refractivity contribution >= 4 is 16.9 Å². The number of aliphatic imine (C=N–C) groups is 1. The maximum atomic E-state index is 5.34. The molecule has 1 unspecified atom stereocenters. The van der Waals surface area contributed by atoms with Gasteiger partial charge in [0.2, 0.25) is 0 Å². The molecule has 4 nitrogen and oxygen atoms in total. The Balaban J connectivity index is 1.92. The molecule has 1 N–H and O–H groups in total. The number of hydrogen-bond acceptors (Lipinski definition) is 4. The molecule has 15 heavy (non-hydrogen) atoms. The fourth-order valence-corrected chi connectivity index (χ4v) is 2.14. The van der Waals surface area contributed by atoms with Crippen molar-refractivity contribution in [2.75, 3.05) is 39.2 Å². The van der Waals surface area contributed by atoms with Crippen LogP contribution in [0.4, 0.5) is 0 Å². The lowest BCUT2D eigenvalue weighted by Crippen LogP contribution is -2.23. The fourth-order valence-electron chi connectivity index (χ4n) is 1.18. The van der Waals surface area contributed by atoms with Gasteiger partial charge >= 0.3 is 0 Å². The number of nitrogens with zero attached hydrogens (tertiary/aromatic N) is 1. The Morgan fingerprint density at radius 1 is 1.47 bits per heavy atom. The van der Waals surface area contributed by atoms with Crippen LogP contribution in [0.2, 0.25) is 0 Å². The number of methoxy groups -OCH3 is 1. The minimum Gasteiger partial charge on any atom is -0.382 e. The molecule has 0 aromatic rings. The van der Waals surface area contributed by atoms with E-state index >= 15 is 0 Å². The van der Waals surface area contributed by atoms with Crippen LogP contribution in [0.25, 0.3) is 0 Å². The van der Waals surface area contributed by atoms with Crippen LogP contribution >= 0.6 is 11.8 Å². The molecule has 0 aliphatic carbocycles. The number of thioether (sulfide) groups is 1. The van der Waals surface area contributed by atoms with Crippen molar-refractivity contribution in [3.63, 3.8) is 0 Å². The lowest BCUT2D eigenvalue weighted by atomic mass is 10.4. The number of nitrogens with one attached hydrogen (secondary N) is 1. The summed E-state index contributed by atoms with van der Waals surface area (Å²) in [4.78, 5) is 4.45. The average molecular weight is 232 g/mol. The van der Waals surface area contributed by atoms with Crippen LogP contribution in [0.1, 0.15) is 13.3 Å². The molecule has 0 aromatic heterocycles. The first-order chi connectivity index (χ1) is 7.33. The molecule has 1 atom stereocenters. The van der Waals surface area contributed by atoms with E-state index in [-0.39, 0.29) is 0 Å². The number of rotatable bonds is 7. The van der Waals surface area contributed by atoms with Gasteiger partial charge < -0.3 is 14.8 Å². The quantitative estimate of drug-likeness (QED) is 0.668. The van der Waals surface area contributed by atoms with E-state index in [0.29, 0.717) is 19.3 Å². The SMILES string of the molecule is COCCOCCCN=C1NC(C)CS1. The molecular weight excluding hydrogens is 212 g/mol. The van der Waals surface area contributed by atoms with Crippen LogP contribution in [0, 0.1) is 0 Å². The van der Waals surface area contributed by atoms with Gasteiger partial charge in [-0.15, -0.1) is 0 Å². The van der Waals surface area contributed by atoms with E-state index < -0.39 is 0 Å². The van der Waals surface area contributed by atoms with Gasteiger partial charge in [0.05, 0.1) is 13.2 Å². The summed E-state index contributed by atoms with van der Waals surface area (Å²) in [5.74, 6) is 1.13. The molecule has 1 heterocycles. The van der Waals surface area contributed by atoms with E-state index in [1.54, 1.807) is 18.9 Å². The highest BCUT2D eigenvalue weighted by atomic mass is 32.2. The van der Waals surface area contributed by atoms with E-state index in [1.807, 2.05) is 0 Å². The summed E-state index contributed by atoms with van der Waals surface area (Å²) >= 11 is 1.80. The molecule has 1 rings (SSSR count). The molecule has 0 aromatic carbocycles. The minimum absolute atomic E-state index is 0.562. The highest BCUT2D eigenvalue weighted by Gasteiger charge is 2.14. The molecule has 0 amide bonds. The third-order valence-electron chi connectivity index (χ3n) is 1.97. The second-order valence-electron chi connectivity index (χ2n) is 3.50. The Hall–Kier alpha value is -0.260. The van der Waals surface area contributed by atoms with Gasteiger partial charge in [-0.3, -0.25) is 4.99 Å². The van der Waals surface area contributed by atoms with Crippen LogP contribution in [-0.2, 0) is 9.47 Å². The van der Waals surface area contributed by atoms with Crippen molar-refractivity contribution < 1.29 is 9.47 Å². The Bertz CT molecular complexity index is 200. The van der Waals surface area contributed by atoms with Gasteiger partial charge in [0.15, 0.2) is 5.17 Å². The van der Waals surface area contributed by atoms with Gasteiger partial charge in [0.1, 0.15) is 0 Å². The molecule has 0 radical (unpaired) electrons. The molecule has 0 bridgehead atoms. The summed E-state index contributed by atoms with van der Waals surface area (Å²) in [6.45, 7) is 5.12. The Morgan fingerprint density at radius 2 is 2.33 bits per heavy atom. The summed E-state index contributed by atoms with van der Waals surface area (Å²) in [6, 6.07) is 0.562. The van der Waals surface area contributed by atoms with Gasteiger partial charge in [-0.2, -0.15) is 0 Å². The first-order valence-electron chi connectivity index (χ1n) is 5.33. The fraction of sp³-hybridized carbons (Fsp3) is 0.900. The van der Waals surface area contributed by atoms with Crippen molar-refractivity contribution in [1.82, 2.24) is 5.32 Å². The van der Waals surface area contributed by atoms with Crippen LogP contribution in [0.3, 0.4) is 0 Å². The monoisotopic (exact) mass is 232 g/mol. The first kappa shape index (κ1) is 12.8. The predicted molar refractivity (Wildman–Crippen MR) is 64.7 cm³/mol. The molecule has 1 saturated heterocycles. The molecule has 1 aliphatic rings. The van der Waals surface area contributed by atoms with E-state index in [2.05, 4.69) is 17.2 Å². The van der Waals surface area contributed by atoms with Crippen LogP contribution in [0.5, 0.6) is 0 Å². The molecule has 5 heteroatoms. The molecule has 0 saturated carbocycles. The van der Waals surface area contributed by atoms with Crippen molar-refractivity contribution in [1.29, 1.82) is 0 Å². The van der Waals surface area contributed by atoms with Crippen molar-refractivity contribution in [3.8, 4) is 0 Å². The van der Waals surface area contributed by atoms with Gasteiger partial charge in [-0.1, -0.05) is 11.8 Å². The van der Waals surface area contributed by atoms with E-state index in [0.717, 1.165) is 30.5 Å². The second-order valence-corrected chi connectivity index (χ2v) is 4.51. The zero-order valence-electron chi connectivity index (χ0n) is 9.49. The van der Waals surface area contributed by atoms with E-state index in [9.17, 15) is 0 Å². The molecule has 1 aliphatic heterocycles. The highest BCUT2D eigenvalue weighted by molar-refractivity contribution is 8.14. The summed E-state index contributed by atoms with van der Waals surface area (Å²) in [7, 11) is 1.68. The van der Waals surface area contributed by atoms with Crippen molar-refractivity contribution in [2.45, 2.75) is 19.4 Å². The van der Waals surface area contributed by atoms with E-state index in [4.69, 9.17) is 9.47 Å². The Morgan fingerprint density at radius 3 is 3.00 bits per heavy atom. The van der Waals surface area contributed by atoms with E-state index in [1.165, 1.54) is 0 Å².